The van der Waals surface area contributed by atoms with Crippen LogP contribution in [0, 0.1) is 13.8 Å². The molecule has 0 radical (unpaired) electrons. The normalized spacial score (nSPS) is 11.3. The summed E-state index contributed by atoms with van der Waals surface area (Å²) in [6.45, 7) is 11.9. The number of nitrogens with one attached hydrogen (secondary N) is 1. The number of rotatable bonds is 7. The minimum absolute atomic E-state index is 0.301. The Morgan fingerprint density at radius 1 is 1.00 bits per heavy atom. The summed E-state index contributed by atoms with van der Waals surface area (Å²) in [6.07, 6.45) is 0. The zero-order chi connectivity index (χ0) is 19.4. The molecule has 0 fully saturated rings. The average molecular weight is 364 g/mol. The summed E-state index contributed by atoms with van der Waals surface area (Å²) < 4.78 is 5.48. The molecule has 0 saturated heterocycles. The van der Waals surface area contributed by atoms with E-state index >= 15 is 0 Å². The molecular formula is C23H28N2O2. The van der Waals surface area contributed by atoms with Crippen LogP contribution >= 0.6 is 0 Å². The molecule has 27 heavy (non-hydrogen) atoms. The lowest BCUT2D eigenvalue weighted by molar-refractivity contribution is 0.296. The average Bonchev–Trinajstić information content (AvgIpc) is 2.68. The van der Waals surface area contributed by atoms with Crippen molar-refractivity contribution in [3.05, 3.63) is 75.1 Å². The Balaban J connectivity index is 1.90. The van der Waals surface area contributed by atoms with Gasteiger partial charge in [-0.2, -0.15) is 0 Å². The van der Waals surface area contributed by atoms with E-state index < -0.39 is 0 Å². The summed E-state index contributed by atoms with van der Waals surface area (Å²) in [5.41, 5.74) is 5.87. The number of hydrogen-bond acceptors (Lipinski definition) is 4. The molecule has 0 aliphatic carbocycles. The van der Waals surface area contributed by atoms with Crippen molar-refractivity contribution in [2.75, 3.05) is 18.4 Å². The van der Waals surface area contributed by atoms with Gasteiger partial charge in [0.2, 0.25) is 0 Å². The third-order valence-electron chi connectivity index (χ3n) is 5.29. The van der Waals surface area contributed by atoms with Crippen LogP contribution in [0.3, 0.4) is 0 Å². The van der Waals surface area contributed by atoms with E-state index in [-0.39, 0.29) is 5.63 Å². The van der Waals surface area contributed by atoms with Gasteiger partial charge in [0.05, 0.1) is 0 Å². The quantitative estimate of drug-likeness (QED) is 0.608. The Labute approximate surface area is 160 Å². The number of para-hydroxylation sites is 1. The number of anilines is 1. The van der Waals surface area contributed by atoms with Crippen LogP contribution in [-0.4, -0.2) is 18.0 Å². The minimum atomic E-state index is -0.301. The van der Waals surface area contributed by atoms with Crippen LogP contribution in [0.1, 0.15) is 36.1 Å². The summed E-state index contributed by atoms with van der Waals surface area (Å²) >= 11 is 0. The van der Waals surface area contributed by atoms with E-state index in [1.54, 1.807) is 6.07 Å². The highest BCUT2D eigenvalue weighted by molar-refractivity contribution is 5.84. The molecule has 0 atom stereocenters. The van der Waals surface area contributed by atoms with E-state index in [0.717, 1.165) is 47.4 Å². The Morgan fingerprint density at radius 2 is 1.74 bits per heavy atom. The zero-order valence-electron chi connectivity index (χ0n) is 16.6. The standard InChI is InChI=1S/C23H28N2O2/c1-5-25(6-2)15-18-9-7-8-10-21(18)24-14-19-13-22(26)27-23-17(4)16(3)11-12-20(19)23/h7-13,24H,5-6,14-15H2,1-4H3. The fraction of sp³-hybridized carbons (Fsp3) is 0.348. The summed E-state index contributed by atoms with van der Waals surface area (Å²) in [4.78, 5) is 14.5. The van der Waals surface area contributed by atoms with Crippen molar-refractivity contribution in [3.8, 4) is 0 Å². The van der Waals surface area contributed by atoms with Crippen LogP contribution in [0.15, 0.2) is 51.7 Å². The summed E-state index contributed by atoms with van der Waals surface area (Å²) in [5, 5.41) is 4.52. The maximum absolute atomic E-state index is 12.1. The summed E-state index contributed by atoms with van der Waals surface area (Å²) in [5.74, 6) is 0. The third kappa shape index (κ3) is 4.22. The van der Waals surface area contributed by atoms with Crippen LogP contribution in [0.25, 0.3) is 11.0 Å². The number of aryl methyl sites for hydroxylation is 2. The lowest BCUT2D eigenvalue weighted by atomic mass is 10.0. The summed E-state index contributed by atoms with van der Waals surface area (Å²) in [7, 11) is 0. The fourth-order valence-electron chi connectivity index (χ4n) is 3.38. The van der Waals surface area contributed by atoms with Gasteiger partial charge in [-0.25, -0.2) is 4.79 Å². The van der Waals surface area contributed by atoms with Crippen LogP contribution in [-0.2, 0) is 13.1 Å². The highest BCUT2D eigenvalue weighted by Crippen LogP contribution is 2.25. The molecular weight excluding hydrogens is 336 g/mol. The Morgan fingerprint density at radius 3 is 2.48 bits per heavy atom. The second kappa shape index (κ2) is 8.40. The zero-order valence-corrected chi connectivity index (χ0v) is 16.6. The van der Waals surface area contributed by atoms with E-state index in [1.807, 2.05) is 26.0 Å². The van der Waals surface area contributed by atoms with Gasteiger partial charge in [0.15, 0.2) is 0 Å². The van der Waals surface area contributed by atoms with Crippen LogP contribution < -0.4 is 10.9 Å². The highest BCUT2D eigenvalue weighted by atomic mass is 16.4. The van der Waals surface area contributed by atoms with Gasteiger partial charge in [0.25, 0.3) is 0 Å². The van der Waals surface area contributed by atoms with Gasteiger partial charge in [-0.3, -0.25) is 4.90 Å². The highest BCUT2D eigenvalue weighted by Gasteiger charge is 2.11. The van der Waals surface area contributed by atoms with Gasteiger partial charge in [-0.1, -0.05) is 44.2 Å². The largest absolute Gasteiger partial charge is 0.422 e. The molecule has 0 bridgehead atoms. The molecule has 1 aromatic heterocycles. The van der Waals surface area contributed by atoms with Gasteiger partial charge in [0, 0.05) is 30.2 Å². The number of benzene rings is 2. The maximum Gasteiger partial charge on any atom is 0.336 e. The summed E-state index contributed by atoms with van der Waals surface area (Å²) in [6, 6.07) is 14.1. The molecule has 1 heterocycles. The van der Waals surface area contributed by atoms with Gasteiger partial charge < -0.3 is 9.73 Å². The molecule has 0 aliphatic heterocycles. The minimum Gasteiger partial charge on any atom is -0.422 e. The van der Waals surface area contributed by atoms with Gasteiger partial charge in [-0.05, 0) is 55.3 Å². The molecule has 4 heteroatoms. The first-order chi connectivity index (χ1) is 13.0. The van der Waals surface area contributed by atoms with E-state index in [4.69, 9.17) is 4.42 Å². The lowest BCUT2D eigenvalue weighted by Gasteiger charge is -2.20. The molecule has 4 nitrogen and oxygen atoms in total. The van der Waals surface area contributed by atoms with Gasteiger partial charge in [0.1, 0.15) is 5.58 Å². The molecule has 0 amide bonds. The molecule has 3 aromatic rings. The second-order valence-corrected chi connectivity index (χ2v) is 6.95. The van der Waals surface area contributed by atoms with Crippen LogP contribution in [0.4, 0.5) is 5.69 Å². The van der Waals surface area contributed by atoms with Crippen molar-refractivity contribution in [2.45, 2.75) is 40.8 Å². The molecule has 2 aromatic carbocycles. The van der Waals surface area contributed by atoms with Crippen LogP contribution in [0.2, 0.25) is 0 Å². The van der Waals surface area contributed by atoms with E-state index in [0.29, 0.717) is 12.1 Å². The molecule has 0 spiro atoms. The van der Waals surface area contributed by atoms with Crippen molar-refractivity contribution in [1.82, 2.24) is 4.90 Å². The number of hydrogen-bond donors (Lipinski definition) is 1. The van der Waals surface area contributed by atoms with Crippen LogP contribution in [0.5, 0.6) is 0 Å². The van der Waals surface area contributed by atoms with Crippen molar-refractivity contribution in [2.24, 2.45) is 0 Å². The van der Waals surface area contributed by atoms with Gasteiger partial charge in [-0.15, -0.1) is 0 Å². The topological polar surface area (TPSA) is 45.5 Å². The first-order valence-corrected chi connectivity index (χ1v) is 9.60. The SMILES string of the molecule is CCN(CC)Cc1ccccc1NCc1cc(=O)oc2c(C)c(C)ccc12. The van der Waals surface area contributed by atoms with Crippen molar-refractivity contribution < 1.29 is 4.42 Å². The molecule has 0 saturated carbocycles. The predicted molar refractivity (Wildman–Crippen MR) is 112 cm³/mol. The molecule has 3 rings (SSSR count). The first kappa shape index (κ1) is 19.2. The Kier molecular flexibility index (Phi) is 5.97. The van der Waals surface area contributed by atoms with Crippen molar-refractivity contribution in [1.29, 1.82) is 0 Å². The number of fused-ring (bicyclic) bond motifs is 1. The Bertz CT molecular complexity index is 987. The van der Waals surface area contributed by atoms with E-state index in [2.05, 4.69) is 48.3 Å². The van der Waals surface area contributed by atoms with Gasteiger partial charge >= 0.3 is 5.63 Å². The third-order valence-corrected chi connectivity index (χ3v) is 5.29. The monoisotopic (exact) mass is 364 g/mol. The van der Waals surface area contributed by atoms with E-state index in [1.165, 1.54) is 5.56 Å². The van der Waals surface area contributed by atoms with E-state index in [9.17, 15) is 4.79 Å². The molecule has 1 N–H and O–H groups in total. The molecule has 142 valence electrons. The molecule has 0 aliphatic rings. The molecule has 0 unspecified atom stereocenters. The first-order valence-electron chi connectivity index (χ1n) is 9.60. The number of nitrogens with zero attached hydrogens (tertiary/aromatic N) is 1. The predicted octanol–water partition coefficient (Wildman–Crippen LogP) is 4.86. The second-order valence-electron chi connectivity index (χ2n) is 6.95. The van der Waals surface area contributed by atoms with Crippen molar-refractivity contribution >= 4 is 16.7 Å². The maximum atomic E-state index is 12.1. The Hall–Kier alpha value is -2.59. The fourth-order valence-corrected chi connectivity index (χ4v) is 3.38. The van der Waals surface area contributed by atoms with Crippen molar-refractivity contribution in [3.63, 3.8) is 0 Å². The smallest absolute Gasteiger partial charge is 0.336 e. The lowest BCUT2D eigenvalue weighted by Crippen LogP contribution is -2.22.